The van der Waals surface area contributed by atoms with Crippen molar-refractivity contribution in [2.75, 3.05) is 5.32 Å². The molecular weight excluding hydrogens is 166 g/mol. The van der Waals surface area contributed by atoms with E-state index in [0.717, 1.165) is 5.69 Å². The highest BCUT2D eigenvalue weighted by Gasteiger charge is 1.97. The molecule has 0 aliphatic heterocycles. The van der Waals surface area contributed by atoms with Gasteiger partial charge in [-0.15, -0.1) is 0 Å². The zero-order valence-electron chi connectivity index (χ0n) is 7.32. The van der Waals surface area contributed by atoms with Crippen LogP contribution < -0.4 is 5.32 Å². The highest BCUT2D eigenvalue weighted by Crippen LogP contribution is 2.05. The SMILES string of the molecule is CC(=CNc1ccccc1)C(=O)O. The first kappa shape index (κ1) is 9.32. The summed E-state index contributed by atoms with van der Waals surface area (Å²) in [6.07, 6.45) is 1.47. The lowest BCUT2D eigenvalue weighted by Gasteiger charge is -1.99. The van der Waals surface area contributed by atoms with Gasteiger partial charge in [0.2, 0.25) is 0 Å². The van der Waals surface area contributed by atoms with Crippen LogP contribution in [-0.4, -0.2) is 11.1 Å². The molecule has 1 aromatic carbocycles. The van der Waals surface area contributed by atoms with Gasteiger partial charge in [0.15, 0.2) is 0 Å². The largest absolute Gasteiger partial charge is 0.478 e. The fraction of sp³-hybridized carbons (Fsp3) is 0.100. The van der Waals surface area contributed by atoms with Crippen molar-refractivity contribution in [1.82, 2.24) is 0 Å². The number of aliphatic carboxylic acids is 1. The van der Waals surface area contributed by atoms with Crippen LogP contribution in [0.5, 0.6) is 0 Å². The van der Waals surface area contributed by atoms with Crippen LogP contribution in [0.1, 0.15) is 6.92 Å². The average Bonchev–Trinajstić information content (AvgIpc) is 2.15. The zero-order valence-corrected chi connectivity index (χ0v) is 7.32. The van der Waals surface area contributed by atoms with Gasteiger partial charge in [0.05, 0.1) is 0 Å². The number of nitrogens with one attached hydrogen (secondary N) is 1. The van der Waals surface area contributed by atoms with E-state index in [0.29, 0.717) is 0 Å². The molecular formula is C10H11NO2. The monoisotopic (exact) mass is 177 g/mol. The predicted octanol–water partition coefficient (Wildman–Crippen LogP) is 2.09. The van der Waals surface area contributed by atoms with Crippen LogP contribution in [0.15, 0.2) is 42.1 Å². The Morgan fingerprint density at radius 3 is 2.54 bits per heavy atom. The van der Waals surface area contributed by atoms with Crippen molar-refractivity contribution in [1.29, 1.82) is 0 Å². The number of benzene rings is 1. The highest BCUT2D eigenvalue weighted by molar-refractivity contribution is 5.86. The van der Waals surface area contributed by atoms with Gasteiger partial charge in [-0.3, -0.25) is 0 Å². The minimum Gasteiger partial charge on any atom is -0.478 e. The fourth-order valence-corrected chi connectivity index (χ4v) is 0.788. The van der Waals surface area contributed by atoms with Crippen molar-refractivity contribution in [3.8, 4) is 0 Å². The first-order chi connectivity index (χ1) is 6.20. The van der Waals surface area contributed by atoms with Gasteiger partial charge < -0.3 is 10.4 Å². The second kappa shape index (κ2) is 4.30. The lowest BCUT2D eigenvalue weighted by molar-refractivity contribution is -0.132. The minimum absolute atomic E-state index is 0.281. The summed E-state index contributed by atoms with van der Waals surface area (Å²) in [5.41, 5.74) is 1.16. The molecule has 0 aliphatic rings. The van der Waals surface area contributed by atoms with Crippen molar-refractivity contribution in [3.05, 3.63) is 42.1 Å². The van der Waals surface area contributed by atoms with Gasteiger partial charge in [0.1, 0.15) is 0 Å². The minimum atomic E-state index is -0.913. The maximum absolute atomic E-state index is 10.4. The van der Waals surface area contributed by atoms with E-state index in [1.807, 2.05) is 30.3 Å². The third-order valence-corrected chi connectivity index (χ3v) is 1.57. The summed E-state index contributed by atoms with van der Waals surface area (Å²) < 4.78 is 0. The van der Waals surface area contributed by atoms with Crippen molar-refractivity contribution in [2.45, 2.75) is 6.92 Å². The van der Waals surface area contributed by atoms with Crippen LogP contribution in [0.3, 0.4) is 0 Å². The first-order valence-corrected chi connectivity index (χ1v) is 3.92. The van der Waals surface area contributed by atoms with Crippen molar-refractivity contribution >= 4 is 11.7 Å². The van der Waals surface area contributed by atoms with E-state index in [-0.39, 0.29) is 5.57 Å². The Balaban J connectivity index is 2.62. The summed E-state index contributed by atoms with van der Waals surface area (Å²) in [6.45, 7) is 1.54. The number of hydrogen-bond donors (Lipinski definition) is 2. The second-order valence-corrected chi connectivity index (χ2v) is 2.64. The molecule has 0 unspecified atom stereocenters. The number of carboxylic acids is 1. The lowest BCUT2D eigenvalue weighted by Crippen LogP contribution is -1.99. The van der Waals surface area contributed by atoms with Gasteiger partial charge in [-0.05, 0) is 19.1 Å². The van der Waals surface area contributed by atoms with E-state index in [1.54, 1.807) is 0 Å². The van der Waals surface area contributed by atoms with Crippen LogP contribution in [-0.2, 0) is 4.79 Å². The molecule has 0 atom stereocenters. The number of carbonyl (C=O) groups is 1. The van der Waals surface area contributed by atoms with Crippen LogP contribution in [0.25, 0.3) is 0 Å². The molecule has 0 radical (unpaired) electrons. The normalized spacial score (nSPS) is 11.0. The molecule has 0 bridgehead atoms. The summed E-state index contributed by atoms with van der Waals surface area (Å²) in [4.78, 5) is 10.4. The van der Waals surface area contributed by atoms with Crippen molar-refractivity contribution in [2.24, 2.45) is 0 Å². The van der Waals surface area contributed by atoms with E-state index in [2.05, 4.69) is 5.32 Å². The van der Waals surface area contributed by atoms with Crippen molar-refractivity contribution < 1.29 is 9.90 Å². The lowest BCUT2D eigenvalue weighted by atomic mass is 10.3. The van der Waals surface area contributed by atoms with E-state index in [9.17, 15) is 4.79 Å². The van der Waals surface area contributed by atoms with Crippen LogP contribution >= 0.6 is 0 Å². The number of rotatable bonds is 3. The third-order valence-electron chi connectivity index (χ3n) is 1.57. The van der Waals surface area contributed by atoms with Crippen LogP contribution in [0, 0.1) is 0 Å². The summed E-state index contributed by atoms with van der Waals surface area (Å²) in [5, 5.41) is 11.4. The summed E-state index contributed by atoms with van der Waals surface area (Å²) in [5.74, 6) is -0.913. The van der Waals surface area contributed by atoms with Gasteiger partial charge in [-0.2, -0.15) is 0 Å². The molecule has 1 aromatic rings. The number of carboxylic acid groups (broad SMARTS) is 1. The second-order valence-electron chi connectivity index (χ2n) is 2.64. The molecule has 0 fully saturated rings. The fourth-order valence-electron chi connectivity index (χ4n) is 0.788. The molecule has 68 valence electrons. The maximum Gasteiger partial charge on any atom is 0.332 e. The first-order valence-electron chi connectivity index (χ1n) is 3.92. The summed E-state index contributed by atoms with van der Waals surface area (Å²) >= 11 is 0. The molecule has 1 rings (SSSR count). The Hall–Kier alpha value is -1.77. The highest BCUT2D eigenvalue weighted by atomic mass is 16.4. The summed E-state index contributed by atoms with van der Waals surface area (Å²) in [7, 11) is 0. The van der Waals surface area contributed by atoms with E-state index in [1.165, 1.54) is 13.1 Å². The Morgan fingerprint density at radius 1 is 1.38 bits per heavy atom. The van der Waals surface area contributed by atoms with E-state index in [4.69, 9.17) is 5.11 Å². The number of para-hydroxylation sites is 1. The predicted molar refractivity (Wildman–Crippen MR) is 51.5 cm³/mol. The molecule has 2 N–H and O–H groups in total. The molecule has 13 heavy (non-hydrogen) atoms. The topological polar surface area (TPSA) is 49.3 Å². The molecule has 0 amide bonds. The molecule has 3 heteroatoms. The van der Waals surface area contributed by atoms with Gasteiger partial charge in [0, 0.05) is 17.5 Å². The Kier molecular flexibility index (Phi) is 3.09. The number of anilines is 1. The van der Waals surface area contributed by atoms with Gasteiger partial charge in [0.25, 0.3) is 0 Å². The third kappa shape index (κ3) is 2.99. The smallest absolute Gasteiger partial charge is 0.332 e. The van der Waals surface area contributed by atoms with Crippen LogP contribution in [0.4, 0.5) is 5.69 Å². The molecule has 3 nitrogen and oxygen atoms in total. The van der Waals surface area contributed by atoms with Gasteiger partial charge in [-0.1, -0.05) is 18.2 Å². The maximum atomic E-state index is 10.4. The Labute approximate surface area is 76.7 Å². The quantitative estimate of drug-likeness (QED) is 0.695. The van der Waals surface area contributed by atoms with Crippen molar-refractivity contribution in [3.63, 3.8) is 0 Å². The van der Waals surface area contributed by atoms with E-state index < -0.39 is 5.97 Å². The summed E-state index contributed by atoms with van der Waals surface area (Å²) in [6, 6.07) is 9.40. The van der Waals surface area contributed by atoms with E-state index >= 15 is 0 Å². The molecule has 0 saturated carbocycles. The molecule has 0 saturated heterocycles. The Morgan fingerprint density at radius 2 is 2.00 bits per heavy atom. The molecule has 0 aliphatic carbocycles. The average molecular weight is 177 g/mol. The number of hydrogen-bond acceptors (Lipinski definition) is 2. The van der Waals surface area contributed by atoms with Crippen LogP contribution in [0.2, 0.25) is 0 Å². The molecule has 0 spiro atoms. The Bertz CT molecular complexity index is 317. The van der Waals surface area contributed by atoms with Gasteiger partial charge >= 0.3 is 5.97 Å². The molecule has 0 heterocycles. The standard InChI is InChI=1S/C10H11NO2/c1-8(10(12)13)7-11-9-5-3-2-4-6-9/h2-7,11H,1H3,(H,12,13). The van der Waals surface area contributed by atoms with Gasteiger partial charge in [-0.25, -0.2) is 4.79 Å². The zero-order chi connectivity index (χ0) is 9.68. The molecule has 0 aromatic heterocycles.